The molecule has 1 aromatic heterocycles. The lowest BCUT2D eigenvalue weighted by atomic mass is 9.98. The van der Waals surface area contributed by atoms with Crippen molar-refractivity contribution in [3.8, 4) is 0 Å². The van der Waals surface area contributed by atoms with Gasteiger partial charge in [-0.1, -0.05) is 23.4 Å². The normalized spacial score (nSPS) is 20.7. The fourth-order valence-electron chi connectivity index (χ4n) is 3.70. The first-order chi connectivity index (χ1) is 12.5. The molecule has 0 saturated carbocycles. The molecule has 2 atom stereocenters. The number of amides is 1. The van der Waals surface area contributed by atoms with Crippen LogP contribution in [-0.4, -0.2) is 51.9 Å². The minimum Gasteiger partial charge on any atom is -0.383 e. The van der Waals surface area contributed by atoms with Gasteiger partial charge in [-0.2, -0.15) is 0 Å². The number of likely N-dealkylation sites (tertiary alicyclic amines) is 1. The van der Waals surface area contributed by atoms with E-state index >= 15 is 0 Å². The summed E-state index contributed by atoms with van der Waals surface area (Å²) < 4.78 is 7.34. The zero-order chi connectivity index (χ0) is 18.7. The molecule has 2 aromatic rings. The van der Waals surface area contributed by atoms with E-state index in [9.17, 15) is 4.79 Å². The first-order valence-corrected chi connectivity index (χ1v) is 10.5. The van der Waals surface area contributed by atoms with E-state index < -0.39 is 0 Å². The summed E-state index contributed by atoms with van der Waals surface area (Å²) in [7, 11) is 1.69. The second-order valence-corrected chi connectivity index (χ2v) is 8.27. The van der Waals surface area contributed by atoms with Crippen LogP contribution in [0.25, 0.3) is 11.0 Å². The summed E-state index contributed by atoms with van der Waals surface area (Å²) in [5.41, 5.74) is 1.87. The Balaban J connectivity index is 1.78. The van der Waals surface area contributed by atoms with E-state index in [1.54, 1.807) is 7.11 Å². The Morgan fingerprint density at radius 2 is 2.08 bits per heavy atom. The largest absolute Gasteiger partial charge is 0.383 e. The lowest BCUT2D eigenvalue weighted by Gasteiger charge is -2.39. The molecule has 142 valence electrons. The van der Waals surface area contributed by atoms with Crippen LogP contribution in [0, 0.1) is 0 Å². The molecule has 2 unspecified atom stereocenters. The standard InChI is InChI=1S/C19H26ClN3O2S/c1-13-5-4-6-14(2)23(13)18(24)12-26-19-21-16-11-15(20)7-8-17(16)22(19)9-10-25-3/h7-8,11,13-14H,4-6,9-10,12H2,1-3H3. The second kappa shape index (κ2) is 8.63. The van der Waals surface area contributed by atoms with Crippen LogP contribution in [0.4, 0.5) is 0 Å². The molecule has 3 rings (SSSR count). The van der Waals surface area contributed by atoms with Crippen LogP contribution in [-0.2, 0) is 16.1 Å². The minimum atomic E-state index is 0.193. The summed E-state index contributed by atoms with van der Waals surface area (Å²) >= 11 is 7.60. The number of fused-ring (bicyclic) bond motifs is 1. The minimum absolute atomic E-state index is 0.193. The van der Waals surface area contributed by atoms with E-state index in [0.717, 1.165) is 29.0 Å². The number of benzene rings is 1. The molecule has 1 aliphatic rings. The van der Waals surface area contributed by atoms with Gasteiger partial charge in [0, 0.05) is 30.8 Å². The predicted molar refractivity (Wildman–Crippen MR) is 107 cm³/mol. The average molecular weight is 396 g/mol. The van der Waals surface area contributed by atoms with Crippen molar-refractivity contribution in [3.05, 3.63) is 23.2 Å². The monoisotopic (exact) mass is 395 g/mol. The van der Waals surface area contributed by atoms with Gasteiger partial charge in [0.25, 0.3) is 0 Å². The van der Waals surface area contributed by atoms with Crippen LogP contribution in [0.2, 0.25) is 5.02 Å². The molecular weight excluding hydrogens is 370 g/mol. The van der Waals surface area contributed by atoms with Crippen molar-refractivity contribution in [1.29, 1.82) is 0 Å². The Morgan fingerprint density at radius 3 is 2.77 bits per heavy atom. The molecule has 1 fully saturated rings. The number of piperidine rings is 1. The highest BCUT2D eigenvalue weighted by atomic mass is 35.5. The van der Waals surface area contributed by atoms with Crippen molar-refractivity contribution in [2.24, 2.45) is 0 Å². The van der Waals surface area contributed by atoms with Gasteiger partial charge in [0.05, 0.1) is 23.4 Å². The Labute approximate surface area is 164 Å². The van der Waals surface area contributed by atoms with Crippen molar-refractivity contribution in [1.82, 2.24) is 14.5 Å². The van der Waals surface area contributed by atoms with E-state index in [-0.39, 0.29) is 5.91 Å². The molecule has 1 aliphatic heterocycles. The van der Waals surface area contributed by atoms with Crippen molar-refractivity contribution in [2.45, 2.75) is 56.9 Å². The maximum atomic E-state index is 12.8. The van der Waals surface area contributed by atoms with E-state index in [0.29, 0.717) is 36.0 Å². The molecule has 0 spiro atoms. The molecule has 0 radical (unpaired) electrons. The fourth-order valence-corrected chi connectivity index (χ4v) is 4.78. The van der Waals surface area contributed by atoms with E-state index in [2.05, 4.69) is 23.3 Å². The number of imidazole rings is 1. The van der Waals surface area contributed by atoms with Gasteiger partial charge in [-0.05, 0) is 51.3 Å². The molecule has 1 aromatic carbocycles. The van der Waals surface area contributed by atoms with Crippen LogP contribution >= 0.6 is 23.4 Å². The molecule has 5 nitrogen and oxygen atoms in total. The molecular formula is C19H26ClN3O2S. The van der Waals surface area contributed by atoms with E-state index in [1.165, 1.54) is 18.2 Å². The lowest BCUT2D eigenvalue weighted by Crippen LogP contribution is -2.48. The number of ether oxygens (including phenoxy) is 1. The lowest BCUT2D eigenvalue weighted by molar-refractivity contribution is -0.134. The fraction of sp³-hybridized carbons (Fsp3) is 0.579. The Kier molecular flexibility index (Phi) is 6.48. The average Bonchev–Trinajstić information content (AvgIpc) is 2.94. The predicted octanol–water partition coefficient (Wildman–Crippen LogP) is 4.22. The highest BCUT2D eigenvalue weighted by Gasteiger charge is 2.29. The number of carbonyl (C=O) groups excluding carboxylic acids is 1. The van der Waals surface area contributed by atoms with Gasteiger partial charge < -0.3 is 14.2 Å². The smallest absolute Gasteiger partial charge is 0.233 e. The molecule has 1 saturated heterocycles. The molecule has 26 heavy (non-hydrogen) atoms. The Morgan fingerprint density at radius 1 is 1.35 bits per heavy atom. The van der Waals surface area contributed by atoms with Crippen LogP contribution in [0.3, 0.4) is 0 Å². The maximum Gasteiger partial charge on any atom is 0.233 e. The molecule has 0 N–H and O–H groups in total. The van der Waals surface area contributed by atoms with Gasteiger partial charge in [-0.15, -0.1) is 0 Å². The molecule has 1 amide bonds. The summed E-state index contributed by atoms with van der Waals surface area (Å²) in [6.45, 7) is 5.58. The summed E-state index contributed by atoms with van der Waals surface area (Å²) in [4.78, 5) is 19.6. The third-order valence-electron chi connectivity index (χ3n) is 5.00. The topological polar surface area (TPSA) is 47.4 Å². The molecule has 2 heterocycles. The third-order valence-corrected chi connectivity index (χ3v) is 6.20. The summed E-state index contributed by atoms with van der Waals surface area (Å²) in [6.07, 6.45) is 3.38. The van der Waals surface area contributed by atoms with Crippen molar-refractivity contribution in [2.75, 3.05) is 19.5 Å². The van der Waals surface area contributed by atoms with Crippen LogP contribution < -0.4 is 0 Å². The maximum absolute atomic E-state index is 12.8. The number of hydrogen-bond acceptors (Lipinski definition) is 4. The van der Waals surface area contributed by atoms with Gasteiger partial charge in [0.15, 0.2) is 5.16 Å². The van der Waals surface area contributed by atoms with E-state index in [4.69, 9.17) is 21.3 Å². The summed E-state index contributed by atoms with van der Waals surface area (Å²) in [5, 5.41) is 1.50. The zero-order valence-corrected chi connectivity index (χ0v) is 17.1. The summed E-state index contributed by atoms with van der Waals surface area (Å²) in [6, 6.07) is 6.34. The van der Waals surface area contributed by atoms with Crippen LogP contribution in [0.1, 0.15) is 33.1 Å². The molecule has 0 aliphatic carbocycles. The number of methoxy groups -OCH3 is 1. The first kappa shape index (κ1) is 19.5. The van der Waals surface area contributed by atoms with Crippen molar-refractivity contribution < 1.29 is 9.53 Å². The quantitative estimate of drug-likeness (QED) is 0.687. The van der Waals surface area contributed by atoms with Gasteiger partial charge >= 0.3 is 0 Å². The number of halogens is 1. The zero-order valence-electron chi connectivity index (χ0n) is 15.6. The van der Waals surface area contributed by atoms with E-state index in [1.807, 2.05) is 18.2 Å². The molecule has 0 bridgehead atoms. The number of hydrogen-bond donors (Lipinski definition) is 0. The van der Waals surface area contributed by atoms with Gasteiger partial charge in [0.2, 0.25) is 5.91 Å². The number of nitrogens with zero attached hydrogens (tertiary/aromatic N) is 3. The van der Waals surface area contributed by atoms with Crippen molar-refractivity contribution >= 4 is 40.3 Å². The Bertz CT molecular complexity index is 769. The number of carbonyl (C=O) groups is 1. The highest BCUT2D eigenvalue weighted by Crippen LogP contribution is 2.28. The number of thioether (sulfide) groups is 1. The van der Waals surface area contributed by atoms with Gasteiger partial charge in [0.1, 0.15) is 0 Å². The molecule has 7 heteroatoms. The number of rotatable bonds is 6. The highest BCUT2D eigenvalue weighted by molar-refractivity contribution is 7.99. The van der Waals surface area contributed by atoms with Gasteiger partial charge in [-0.25, -0.2) is 4.98 Å². The second-order valence-electron chi connectivity index (χ2n) is 6.89. The van der Waals surface area contributed by atoms with Crippen LogP contribution in [0.5, 0.6) is 0 Å². The SMILES string of the molecule is COCCn1c(SCC(=O)N2C(C)CCCC2C)nc2cc(Cl)ccc21. The number of aromatic nitrogens is 2. The van der Waals surface area contributed by atoms with Crippen molar-refractivity contribution in [3.63, 3.8) is 0 Å². The third kappa shape index (κ3) is 4.18. The summed E-state index contributed by atoms with van der Waals surface area (Å²) in [5.74, 6) is 0.594. The first-order valence-electron chi connectivity index (χ1n) is 9.10. The van der Waals surface area contributed by atoms with Gasteiger partial charge in [-0.3, -0.25) is 4.79 Å². The Hall–Kier alpha value is -1.24. The van der Waals surface area contributed by atoms with Crippen LogP contribution in [0.15, 0.2) is 23.4 Å².